The Kier molecular flexibility index (Phi) is 2.82. The molecule has 0 atom stereocenters. The molecule has 1 heterocycles. The summed E-state index contributed by atoms with van der Waals surface area (Å²) in [6.45, 7) is 2.36. The number of carbonyl (C=O) groups is 2. The number of carboxylic acids is 1. The number of fused-ring (bicyclic) bond motifs is 1. The van der Waals surface area contributed by atoms with Crippen molar-refractivity contribution in [1.82, 2.24) is 4.98 Å². The lowest BCUT2D eigenvalue weighted by Gasteiger charge is -2.02. The Bertz CT molecular complexity index is 585. The lowest BCUT2D eigenvalue weighted by atomic mass is 10.1. The summed E-state index contributed by atoms with van der Waals surface area (Å²) >= 11 is 0. The van der Waals surface area contributed by atoms with E-state index in [9.17, 15) is 9.59 Å². The average Bonchev–Trinajstić information content (AvgIpc) is 2.67. The Balaban J connectivity index is 2.66. The van der Waals surface area contributed by atoms with Gasteiger partial charge in [0.1, 0.15) is 11.4 Å². The molecule has 88 valence electrons. The molecule has 0 saturated heterocycles. The van der Waals surface area contributed by atoms with Crippen LogP contribution in [0.5, 0.6) is 5.75 Å². The van der Waals surface area contributed by atoms with Crippen LogP contribution in [0.2, 0.25) is 0 Å². The zero-order valence-corrected chi connectivity index (χ0v) is 9.19. The number of rotatable bonds is 4. The van der Waals surface area contributed by atoms with Gasteiger partial charge in [-0.25, -0.2) is 4.79 Å². The standard InChI is InChI=1S/C12H11NO4/c1-2-17-7-3-4-10-8(5-7)9(6-14)11(13-10)12(15)16/h3-6,13H,2H2,1H3,(H,15,16). The number of ether oxygens (including phenoxy) is 1. The Morgan fingerprint density at radius 1 is 1.53 bits per heavy atom. The maximum atomic E-state index is 11.0. The largest absolute Gasteiger partial charge is 0.494 e. The molecule has 0 amide bonds. The molecular weight excluding hydrogens is 222 g/mol. The van der Waals surface area contributed by atoms with E-state index < -0.39 is 5.97 Å². The maximum absolute atomic E-state index is 11.0. The van der Waals surface area contributed by atoms with Gasteiger partial charge in [-0.2, -0.15) is 0 Å². The quantitative estimate of drug-likeness (QED) is 0.792. The minimum atomic E-state index is -1.15. The molecule has 0 bridgehead atoms. The van der Waals surface area contributed by atoms with Crippen LogP contribution in [0.3, 0.4) is 0 Å². The van der Waals surface area contributed by atoms with E-state index in [1.807, 2.05) is 6.92 Å². The van der Waals surface area contributed by atoms with Gasteiger partial charge in [0.2, 0.25) is 0 Å². The van der Waals surface area contributed by atoms with Crippen molar-refractivity contribution in [1.29, 1.82) is 0 Å². The van der Waals surface area contributed by atoms with E-state index in [1.54, 1.807) is 18.2 Å². The number of hydrogen-bond donors (Lipinski definition) is 2. The molecule has 0 saturated carbocycles. The summed E-state index contributed by atoms with van der Waals surface area (Å²) in [5, 5.41) is 9.51. The first-order chi connectivity index (χ1) is 8.17. The zero-order valence-electron chi connectivity index (χ0n) is 9.19. The molecule has 0 aliphatic rings. The number of aromatic amines is 1. The molecule has 1 aromatic carbocycles. The van der Waals surface area contributed by atoms with Crippen LogP contribution in [0.1, 0.15) is 27.8 Å². The van der Waals surface area contributed by atoms with Gasteiger partial charge in [-0.05, 0) is 25.1 Å². The molecular formula is C12H11NO4. The molecule has 5 nitrogen and oxygen atoms in total. The topological polar surface area (TPSA) is 79.4 Å². The summed E-state index contributed by atoms with van der Waals surface area (Å²) in [6, 6.07) is 5.08. The monoisotopic (exact) mass is 233 g/mol. The molecule has 0 unspecified atom stereocenters. The average molecular weight is 233 g/mol. The van der Waals surface area contributed by atoms with Crippen LogP contribution >= 0.6 is 0 Å². The molecule has 1 aromatic heterocycles. The van der Waals surface area contributed by atoms with Gasteiger partial charge < -0.3 is 14.8 Å². The van der Waals surface area contributed by atoms with Crippen molar-refractivity contribution in [3.05, 3.63) is 29.5 Å². The Labute approximate surface area is 97.0 Å². The fourth-order valence-electron chi connectivity index (χ4n) is 1.74. The van der Waals surface area contributed by atoms with E-state index in [1.165, 1.54) is 0 Å². The molecule has 0 aliphatic carbocycles. The van der Waals surface area contributed by atoms with Gasteiger partial charge in [0.05, 0.1) is 12.2 Å². The van der Waals surface area contributed by atoms with Crippen molar-refractivity contribution < 1.29 is 19.4 Å². The van der Waals surface area contributed by atoms with E-state index in [0.29, 0.717) is 29.5 Å². The Morgan fingerprint density at radius 3 is 2.88 bits per heavy atom. The molecule has 2 N–H and O–H groups in total. The number of nitrogens with one attached hydrogen (secondary N) is 1. The van der Waals surface area contributed by atoms with Crippen molar-refractivity contribution in [2.45, 2.75) is 6.92 Å². The Hall–Kier alpha value is -2.30. The zero-order chi connectivity index (χ0) is 12.4. The van der Waals surface area contributed by atoms with Crippen LogP contribution in [0, 0.1) is 0 Å². The molecule has 0 spiro atoms. The minimum Gasteiger partial charge on any atom is -0.494 e. The highest BCUT2D eigenvalue weighted by molar-refractivity contribution is 6.07. The second-order valence-electron chi connectivity index (χ2n) is 3.48. The fraction of sp³-hybridized carbons (Fsp3) is 0.167. The molecule has 2 rings (SSSR count). The minimum absolute atomic E-state index is 0.0938. The van der Waals surface area contributed by atoms with Crippen molar-refractivity contribution in [2.75, 3.05) is 6.61 Å². The number of aldehydes is 1. The van der Waals surface area contributed by atoms with E-state index in [4.69, 9.17) is 9.84 Å². The highest BCUT2D eigenvalue weighted by Gasteiger charge is 2.16. The fourth-order valence-corrected chi connectivity index (χ4v) is 1.74. The van der Waals surface area contributed by atoms with Crippen molar-refractivity contribution >= 4 is 23.2 Å². The molecule has 2 aromatic rings. The first kappa shape index (κ1) is 11.2. The third-order valence-electron chi connectivity index (χ3n) is 2.45. The summed E-state index contributed by atoms with van der Waals surface area (Å²) in [4.78, 5) is 24.6. The van der Waals surface area contributed by atoms with E-state index in [2.05, 4.69) is 4.98 Å². The highest BCUT2D eigenvalue weighted by atomic mass is 16.5. The molecule has 0 radical (unpaired) electrons. The normalized spacial score (nSPS) is 10.4. The molecule has 17 heavy (non-hydrogen) atoms. The van der Waals surface area contributed by atoms with Gasteiger partial charge in [0.25, 0.3) is 0 Å². The van der Waals surface area contributed by atoms with E-state index in [-0.39, 0.29) is 11.3 Å². The van der Waals surface area contributed by atoms with Crippen LogP contribution in [0.4, 0.5) is 0 Å². The second-order valence-corrected chi connectivity index (χ2v) is 3.48. The number of aromatic nitrogens is 1. The SMILES string of the molecule is CCOc1ccc2[nH]c(C(=O)O)c(C=O)c2c1. The van der Waals surface area contributed by atoms with Crippen LogP contribution < -0.4 is 4.74 Å². The molecule has 0 aliphatic heterocycles. The molecule has 0 fully saturated rings. The number of carbonyl (C=O) groups excluding carboxylic acids is 1. The number of carboxylic acid groups (broad SMARTS) is 1. The van der Waals surface area contributed by atoms with Crippen LogP contribution in [-0.4, -0.2) is 29.0 Å². The smallest absolute Gasteiger partial charge is 0.353 e. The number of hydrogen-bond acceptors (Lipinski definition) is 3. The summed E-state index contributed by atoms with van der Waals surface area (Å²) < 4.78 is 5.31. The van der Waals surface area contributed by atoms with Crippen molar-refractivity contribution in [3.8, 4) is 5.75 Å². The summed E-state index contributed by atoms with van der Waals surface area (Å²) in [5.74, 6) is -0.541. The third kappa shape index (κ3) is 1.87. The second kappa shape index (κ2) is 4.29. The van der Waals surface area contributed by atoms with Crippen LogP contribution in [0.25, 0.3) is 10.9 Å². The van der Waals surface area contributed by atoms with Gasteiger partial charge in [-0.3, -0.25) is 4.79 Å². The first-order valence-corrected chi connectivity index (χ1v) is 5.14. The molecule has 5 heteroatoms. The lowest BCUT2D eigenvalue weighted by Crippen LogP contribution is -2.00. The lowest BCUT2D eigenvalue weighted by molar-refractivity contribution is 0.0688. The van der Waals surface area contributed by atoms with Crippen molar-refractivity contribution in [3.63, 3.8) is 0 Å². The number of benzene rings is 1. The van der Waals surface area contributed by atoms with Crippen LogP contribution in [0.15, 0.2) is 18.2 Å². The van der Waals surface area contributed by atoms with Crippen molar-refractivity contribution in [2.24, 2.45) is 0 Å². The number of H-pyrrole nitrogens is 1. The van der Waals surface area contributed by atoms with Gasteiger partial charge in [0.15, 0.2) is 6.29 Å². The summed E-state index contributed by atoms with van der Waals surface area (Å²) in [6.07, 6.45) is 0.540. The predicted octanol–water partition coefficient (Wildman–Crippen LogP) is 2.08. The van der Waals surface area contributed by atoms with Gasteiger partial charge >= 0.3 is 5.97 Å². The summed E-state index contributed by atoms with van der Waals surface area (Å²) in [7, 11) is 0. The van der Waals surface area contributed by atoms with Crippen LogP contribution in [-0.2, 0) is 0 Å². The first-order valence-electron chi connectivity index (χ1n) is 5.14. The Morgan fingerprint density at radius 2 is 2.29 bits per heavy atom. The van der Waals surface area contributed by atoms with E-state index >= 15 is 0 Å². The van der Waals surface area contributed by atoms with E-state index in [0.717, 1.165) is 0 Å². The van der Waals surface area contributed by atoms with Gasteiger partial charge in [-0.1, -0.05) is 0 Å². The maximum Gasteiger partial charge on any atom is 0.353 e. The number of aromatic carboxylic acids is 1. The van der Waals surface area contributed by atoms with Gasteiger partial charge in [0, 0.05) is 10.9 Å². The summed E-state index contributed by atoms with van der Waals surface area (Å²) in [5.41, 5.74) is 0.658. The van der Waals surface area contributed by atoms with Gasteiger partial charge in [-0.15, -0.1) is 0 Å². The highest BCUT2D eigenvalue weighted by Crippen LogP contribution is 2.25. The predicted molar refractivity (Wildman–Crippen MR) is 61.8 cm³/mol. The third-order valence-corrected chi connectivity index (χ3v) is 2.45.